The van der Waals surface area contributed by atoms with E-state index in [9.17, 15) is 9.59 Å². The molecule has 0 heterocycles. The number of nitrogens with one attached hydrogen (secondary N) is 1. The highest BCUT2D eigenvalue weighted by atomic mass is 16.5. The number of benzene rings is 2. The maximum Gasteiger partial charge on any atom is 0.335 e. The van der Waals surface area contributed by atoms with Gasteiger partial charge in [0.15, 0.2) is 0 Å². The van der Waals surface area contributed by atoms with Gasteiger partial charge < -0.3 is 15.2 Å². The Bertz CT molecular complexity index is 667. The summed E-state index contributed by atoms with van der Waals surface area (Å²) in [6.07, 6.45) is 0. The molecule has 0 atom stereocenters. The van der Waals surface area contributed by atoms with E-state index in [1.165, 1.54) is 18.2 Å². The Morgan fingerprint density at radius 2 is 1.81 bits per heavy atom. The van der Waals surface area contributed by atoms with Gasteiger partial charge in [0, 0.05) is 17.3 Å². The number of aromatic carboxylic acids is 1. The number of amides is 1. The van der Waals surface area contributed by atoms with Crippen molar-refractivity contribution in [3.8, 4) is 5.75 Å². The predicted octanol–water partition coefficient (Wildman–Crippen LogP) is 3.04. The third kappa shape index (κ3) is 3.82. The third-order valence-electron chi connectivity index (χ3n) is 2.77. The molecule has 2 aromatic rings. The Labute approximate surface area is 122 Å². The van der Waals surface area contributed by atoms with Gasteiger partial charge in [-0.2, -0.15) is 0 Å². The minimum atomic E-state index is -1.07. The molecule has 0 spiro atoms. The molecule has 5 heteroatoms. The highest BCUT2D eigenvalue weighted by Crippen LogP contribution is 2.18. The summed E-state index contributed by atoms with van der Waals surface area (Å²) in [5.74, 6) is -0.774. The molecule has 2 aromatic carbocycles. The first kappa shape index (κ1) is 14.6. The molecule has 2 N–H and O–H groups in total. The van der Waals surface area contributed by atoms with Crippen molar-refractivity contribution in [2.75, 3.05) is 11.9 Å². The number of hydrogen-bond donors (Lipinski definition) is 2. The first-order valence-electron chi connectivity index (χ1n) is 6.47. The van der Waals surface area contributed by atoms with Crippen LogP contribution in [-0.2, 0) is 0 Å². The van der Waals surface area contributed by atoms with Gasteiger partial charge in [-0.1, -0.05) is 12.1 Å². The standard InChI is InChI=1S/C16H15NO4/c1-2-21-14-8-4-7-13(10-14)17-15(18)11-5-3-6-12(9-11)16(19)20/h3-10H,2H2,1H3,(H,17,18)(H,19,20). The number of rotatable bonds is 5. The quantitative estimate of drug-likeness (QED) is 0.885. The second-order valence-electron chi connectivity index (χ2n) is 4.30. The average molecular weight is 285 g/mol. The van der Waals surface area contributed by atoms with Crippen LogP contribution in [0, 0.1) is 0 Å². The molecular weight excluding hydrogens is 270 g/mol. The molecular formula is C16H15NO4. The number of anilines is 1. The molecule has 1 amide bonds. The lowest BCUT2D eigenvalue weighted by atomic mass is 10.1. The van der Waals surface area contributed by atoms with Gasteiger partial charge in [0.1, 0.15) is 5.75 Å². The van der Waals surface area contributed by atoms with E-state index in [-0.39, 0.29) is 17.0 Å². The molecule has 0 aromatic heterocycles. The fourth-order valence-corrected chi connectivity index (χ4v) is 1.83. The second kappa shape index (κ2) is 6.56. The first-order valence-corrected chi connectivity index (χ1v) is 6.47. The number of carboxylic acid groups (broad SMARTS) is 1. The second-order valence-corrected chi connectivity index (χ2v) is 4.30. The summed E-state index contributed by atoms with van der Waals surface area (Å²) in [4.78, 5) is 23.0. The summed E-state index contributed by atoms with van der Waals surface area (Å²) in [5, 5.41) is 11.6. The maximum absolute atomic E-state index is 12.1. The number of carboxylic acids is 1. The van der Waals surface area contributed by atoms with Crippen molar-refractivity contribution in [2.24, 2.45) is 0 Å². The number of carbonyl (C=O) groups is 2. The lowest BCUT2D eigenvalue weighted by molar-refractivity contribution is 0.0697. The summed E-state index contributed by atoms with van der Waals surface area (Å²) in [6, 6.07) is 12.9. The normalized spacial score (nSPS) is 9.95. The van der Waals surface area contributed by atoms with E-state index >= 15 is 0 Å². The van der Waals surface area contributed by atoms with E-state index in [0.29, 0.717) is 18.0 Å². The van der Waals surface area contributed by atoms with Crippen LogP contribution < -0.4 is 10.1 Å². The molecule has 0 saturated heterocycles. The van der Waals surface area contributed by atoms with Crippen LogP contribution in [0.1, 0.15) is 27.6 Å². The Kier molecular flexibility index (Phi) is 4.56. The summed E-state index contributed by atoms with van der Waals surface area (Å²) >= 11 is 0. The lowest BCUT2D eigenvalue weighted by Gasteiger charge is -2.08. The number of hydrogen-bond acceptors (Lipinski definition) is 3. The topological polar surface area (TPSA) is 75.6 Å². The first-order chi connectivity index (χ1) is 10.1. The number of carbonyl (C=O) groups excluding carboxylic acids is 1. The molecule has 0 radical (unpaired) electrons. The molecule has 21 heavy (non-hydrogen) atoms. The SMILES string of the molecule is CCOc1cccc(NC(=O)c2cccc(C(=O)O)c2)c1. The van der Waals surface area contributed by atoms with Crippen LogP contribution in [0.15, 0.2) is 48.5 Å². The van der Waals surface area contributed by atoms with Crippen LogP contribution in [0.25, 0.3) is 0 Å². The lowest BCUT2D eigenvalue weighted by Crippen LogP contribution is -2.12. The zero-order chi connectivity index (χ0) is 15.2. The van der Waals surface area contributed by atoms with Crippen LogP contribution in [0.5, 0.6) is 5.75 Å². The summed E-state index contributed by atoms with van der Waals surface area (Å²) in [7, 11) is 0. The molecule has 5 nitrogen and oxygen atoms in total. The zero-order valence-electron chi connectivity index (χ0n) is 11.5. The van der Waals surface area contributed by atoms with Gasteiger partial charge in [-0.05, 0) is 37.3 Å². The molecule has 0 fully saturated rings. The smallest absolute Gasteiger partial charge is 0.335 e. The predicted molar refractivity (Wildman–Crippen MR) is 79.0 cm³/mol. The molecule has 0 aliphatic heterocycles. The van der Waals surface area contributed by atoms with E-state index in [1.807, 2.05) is 6.92 Å². The van der Waals surface area contributed by atoms with Crippen molar-refractivity contribution in [2.45, 2.75) is 6.92 Å². The molecule has 0 aliphatic carbocycles. The fraction of sp³-hybridized carbons (Fsp3) is 0.125. The van der Waals surface area contributed by atoms with Crippen LogP contribution in [0.4, 0.5) is 5.69 Å². The van der Waals surface area contributed by atoms with Gasteiger partial charge >= 0.3 is 5.97 Å². The Morgan fingerprint density at radius 3 is 2.52 bits per heavy atom. The third-order valence-corrected chi connectivity index (χ3v) is 2.77. The Hall–Kier alpha value is -2.82. The van der Waals surface area contributed by atoms with Gasteiger partial charge in [0.05, 0.1) is 12.2 Å². The molecule has 0 unspecified atom stereocenters. The molecule has 2 rings (SSSR count). The van der Waals surface area contributed by atoms with Gasteiger partial charge in [-0.25, -0.2) is 4.79 Å². The van der Waals surface area contributed by atoms with Crippen molar-refractivity contribution >= 4 is 17.6 Å². The van der Waals surface area contributed by atoms with Crippen LogP contribution in [0.3, 0.4) is 0 Å². The molecule has 0 saturated carbocycles. The van der Waals surface area contributed by atoms with E-state index in [1.54, 1.807) is 30.3 Å². The molecule has 0 bridgehead atoms. The highest BCUT2D eigenvalue weighted by molar-refractivity contribution is 6.05. The van der Waals surface area contributed by atoms with Crippen molar-refractivity contribution in [1.82, 2.24) is 0 Å². The van der Waals surface area contributed by atoms with Gasteiger partial charge in [0.2, 0.25) is 0 Å². The maximum atomic E-state index is 12.1. The van der Waals surface area contributed by atoms with E-state index < -0.39 is 5.97 Å². The van der Waals surface area contributed by atoms with Crippen LogP contribution in [0.2, 0.25) is 0 Å². The Morgan fingerprint density at radius 1 is 1.10 bits per heavy atom. The Balaban J connectivity index is 2.16. The minimum absolute atomic E-state index is 0.0747. The largest absolute Gasteiger partial charge is 0.494 e. The van der Waals surface area contributed by atoms with Gasteiger partial charge in [0.25, 0.3) is 5.91 Å². The summed E-state index contributed by atoms with van der Waals surface area (Å²) in [6.45, 7) is 2.42. The molecule has 108 valence electrons. The fourth-order valence-electron chi connectivity index (χ4n) is 1.83. The van der Waals surface area contributed by atoms with Crippen molar-refractivity contribution in [1.29, 1.82) is 0 Å². The van der Waals surface area contributed by atoms with Crippen molar-refractivity contribution in [3.63, 3.8) is 0 Å². The summed E-state index contributed by atoms with van der Waals surface area (Å²) < 4.78 is 5.36. The van der Waals surface area contributed by atoms with E-state index in [0.717, 1.165) is 0 Å². The average Bonchev–Trinajstić information content (AvgIpc) is 2.48. The van der Waals surface area contributed by atoms with Gasteiger partial charge in [-0.3, -0.25) is 4.79 Å². The van der Waals surface area contributed by atoms with Gasteiger partial charge in [-0.15, -0.1) is 0 Å². The van der Waals surface area contributed by atoms with Crippen molar-refractivity contribution < 1.29 is 19.4 Å². The zero-order valence-corrected chi connectivity index (χ0v) is 11.5. The monoisotopic (exact) mass is 285 g/mol. The number of ether oxygens (including phenoxy) is 1. The summed E-state index contributed by atoms with van der Waals surface area (Å²) in [5.41, 5.74) is 0.953. The minimum Gasteiger partial charge on any atom is -0.494 e. The van der Waals surface area contributed by atoms with Crippen LogP contribution >= 0.6 is 0 Å². The van der Waals surface area contributed by atoms with E-state index in [2.05, 4.69) is 5.32 Å². The highest BCUT2D eigenvalue weighted by Gasteiger charge is 2.10. The molecule has 0 aliphatic rings. The van der Waals surface area contributed by atoms with E-state index in [4.69, 9.17) is 9.84 Å². The van der Waals surface area contributed by atoms with Crippen LogP contribution in [-0.4, -0.2) is 23.6 Å². The van der Waals surface area contributed by atoms with Crippen molar-refractivity contribution in [3.05, 3.63) is 59.7 Å².